The second kappa shape index (κ2) is 2.69. The van der Waals surface area contributed by atoms with Gasteiger partial charge in [-0.05, 0) is 31.4 Å². The van der Waals surface area contributed by atoms with Crippen LogP contribution in [0.25, 0.3) is 0 Å². The summed E-state index contributed by atoms with van der Waals surface area (Å²) in [6.45, 7) is 1.83. The van der Waals surface area contributed by atoms with Crippen molar-refractivity contribution in [1.29, 1.82) is 0 Å². The van der Waals surface area contributed by atoms with E-state index in [0.29, 0.717) is 18.4 Å². The normalized spacial score (nSPS) is 18.8. The Morgan fingerprint density at radius 2 is 2.08 bits per heavy atom. The molecule has 1 aliphatic carbocycles. The lowest BCUT2D eigenvalue weighted by Crippen LogP contribution is -2.08. The van der Waals surface area contributed by atoms with Crippen LogP contribution in [-0.2, 0) is 5.60 Å². The Morgan fingerprint density at radius 1 is 1.46 bits per heavy atom. The van der Waals surface area contributed by atoms with Gasteiger partial charge in [0, 0.05) is 5.56 Å². The van der Waals surface area contributed by atoms with E-state index in [4.69, 9.17) is 11.6 Å². The Kier molecular flexibility index (Phi) is 1.86. The first kappa shape index (κ1) is 8.97. The molecular weight excluding hydrogens is 191 g/mol. The molecule has 0 atom stereocenters. The highest BCUT2D eigenvalue weighted by Gasteiger charge is 2.44. The van der Waals surface area contributed by atoms with Gasteiger partial charge < -0.3 is 5.11 Å². The van der Waals surface area contributed by atoms with Crippen LogP contribution in [0.1, 0.15) is 24.0 Å². The lowest BCUT2D eigenvalue weighted by atomic mass is 10.0. The first-order valence-electron chi connectivity index (χ1n) is 4.21. The van der Waals surface area contributed by atoms with Crippen LogP contribution in [0.4, 0.5) is 4.39 Å². The molecule has 0 amide bonds. The van der Waals surface area contributed by atoms with Crippen LogP contribution in [0.5, 0.6) is 0 Å². The van der Waals surface area contributed by atoms with E-state index in [0.717, 1.165) is 5.56 Å². The van der Waals surface area contributed by atoms with E-state index < -0.39 is 11.4 Å². The monoisotopic (exact) mass is 200 g/mol. The minimum absolute atomic E-state index is 0.0929. The molecular formula is C10H10ClFO. The van der Waals surface area contributed by atoms with E-state index in [2.05, 4.69) is 0 Å². The van der Waals surface area contributed by atoms with Gasteiger partial charge in [-0.2, -0.15) is 0 Å². The van der Waals surface area contributed by atoms with Crippen LogP contribution < -0.4 is 0 Å². The Bertz CT molecular complexity index is 358. The van der Waals surface area contributed by atoms with E-state index in [-0.39, 0.29) is 5.02 Å². The fraction of sp³-hybridized carbons (Fsp3) is 0.400. The van der Waals surface area contributed by atoms with Crippen LogP contribution in [0, 0.1) is 12.7 Å². The maximum absolute atomic E-state index is 13.4. The van der Waals surface area contributed by atoms with E-state index in [1.54, 1.807) is 12.1 Å². The third-order valence-corrected chi connectivity index (χ3v) is 2.67. The van der Waals surface area contributed by atoms with Gasteiger partial charge in [0.05, 0.1) is 10.6 Å². The summed E-state index contributed by atoms with van der Waals surface area (Å²) in [6, 6.07) is 3.22. The number of aryl methyl sites for hydroxylation is 1. The zero-order valence-electron chi connectivity index (χ0n) is 7.27. The molecule has 3 heteroatoms. The smallest absolute Gasteiger partial charge is 0.147 e. The van der Waals surface area contributed by atoms with Crippen molar-refractivity contribution in [3.63, 3.8) is 0 Å². The molecule has 0 aliphatic heterocycles. The van der Waals surface area contributed by atoms with Crippen LogP contribution in [0.2, 0.25) is 5.02 Å². The molecule has 1 nitrogen and oxygen atoms in total. The van der Waals surface area contributed by atoms with Crippen molar-refractivity contribution in [1.82, 2.24) is 0 Å². The van der Waals surface area contributed by atoms with Crippen molar-refractivity contribution in [3.8, 4) is 0 Å². The van der Waals surface area contributed by atoms with Crippen LogP contribution in [-0.4, -0.2) is 5.11 Å². The maximum Gasteiger partial charge on any atom is 0.147 e. The van der Waals surface area contributed by atoms with Gasteiger partial charge in [-0.3, -0.25) is 0 Å². The fourth-order valence-electron chi connectivity index (χ4n) is 1.45. The van der Waals surface area contributed by atoms with E-state index in [9.17, 15) is 9.50 Å². The van der Waals surface area contributed by atoms with E-state index >= 15 is 0 Å². The van der Waals surface area contributed by atoms with Gasteiger partial charge in [-0.25, -0.2) is 4.39 Å². The first-order chi connectivity index (χ1) is 6.03. The Hall–Kier alpha value is -0.600. The Balaban J connectivity index is 2.56. The SMILES string of the molecule is Cc1cc(Cl)c(F)c(C2(O)CC2)c1. The van der Waals surface area contributed by atoms with Crippen molar-refractivity contribution < 1.29 is 9.50 Å². The highest BCUT2D eigenvalue weighted by Crippen LogP contribution is 2.47. The summed E-state index contributed by atoms with van der Waals surface area (Å²) in [6.07, 6.45) is 1.26. The second-order valence-corrected chi connectivity index (χ2v) is 4.05. The minimum atomic E-state index is -0.945. The van der Waals surface area contributed by atoms with Gasteiger partial charge in [0.15, 0.2) is 0 Å². The zero-order valence-corrected chi connectivity index (χ0v) is 8.03. The number of halogens is 2. The molecule has 1 aromatic carbocycles. The summed E-state index contributed by atoms with van der Waals surface area (Å²) >= 11 is 5.67. The molecule has 1 N–H and O–H groups in total. The van der Waals surface area contributed by atoms with Crippen LogP contribution >= 0.6 is 11.6 Å². The molecule has 70 valence electrons. The number of hydrogen-bond donors (Lipinski definition) is 1. The van der Waals surface area contributed by atoms with Gasteiger partial charge in [-0.1, -0.05) is 17.7 Å². The standard InChI is InChI=1S/C10H10ClFO/c1-6-4-7(10(13)2-3-10)9(12)8(11)5-6/h4-5,13H,2-3H2,1H3. The third kappa shape index (κ3) is 1.45. The number of hydrogen-bond acceptors (Lipinski definition) is 1. The van der Waals surface area contributed by atoms with Crippen molar-refractivity contribution in [2.24, 2.45) is 0 Å². The quantitative estimate of drug-likeness (QED) is 0.739. The van der Waals surface area contributed by atoms with E-state index in [1.165, 1.54) is 0 Å². The molecule has 13 heavy (non-hydrogen) atoms. The highest BCUT2D eigenvalue weighted by molar-refractivity contribution is 6.30. The lowest BCUT2D eigenvalue weighted by Gasteiger charge is -2.11. The van der Waals surface area contributed by atoms with Crippen LogP contribution in [0.15, 0.2) is 12.1 Å². The third-order valence-electron chi connectivity index (χ3n) is 2.40. The summed E-state index contributed by atoms with van der Waals surface area (Å²) in [5, 5.41) is 9.82. The summed E-state index contributed by atoms with van der Waals surface area (Å²) < 4.78 is 13.4. The molecule has 0 heterocycles. The number of aliphatic hydroxyl groups is 1. The van der Waals surface area contributed by atoms with Gasteiger partial charge in [0.2, 0.25) is 0 Å². The predicted molar refractivity (Wildman–Crippen MR) is 49.3 cm³/mol. The highest BCUT2D eigenvalue weighted by atomic mass is 35.5. The largest absolute Gasteiger partial charge is 0.385 e. The van der Waals surface area contributed by atoms with Gasteiger partial charge in [-0.15, -0.1) is 0 Å². The molecule has 1 saturated carbocycles. The molecule has 1 aromatic rings. The van der Waals surface area contributed by atoms with Crippen molar-refractivity contribution in [2.75, 3.05) is 0 Å². The van der Waals surface area contributed by atoms with Crippen molar-refractivity contribution in [3.05, 3.63) is 34.1 Å². The Labute approximate surface area is 81.1 Å². The number of rotatable bonds is 1. The molecule has 0 aromatic heterocycles. The average Bonchev–Trinajstić information content (AvgIpc) is 2.77. The molecule has 1 aliphatic rings. The van der Waals surface area contributed by atoms with Gasteiger partial charge in [0.1, 0.15) is 5.82 Å². The summed E-state index contributed by atoms with van der Waals surface area (Å²) in [5.41, 5.74) is 0.277. The first-order valence-corrected chi connectivity index (χ1v) is 4.59. The second-order valence-electron chi connectivity index (χ2n) is 3.64. The zero-order chi connectivity index (χ0) is 9.64. The van der Waals surface area contributed by atoms with Gasteiger partial charge >= 0.3 is 0 Å². The molecule has 0 radical (unpaired) electrons. The predicted octanol–water partition coefficient (Wildman–Crippen LogP) is 2.77. The van der Waals surface area contributed by atoms with Crippen LogP contribution in [0.3, 0.4) is 0 Å². The molecule has 1 fully saturated rings. The molecule has 0 bridgehead atoms. The minimum Gasteiger partial charge on any atom is -0.385 e. The topological polar surface area (TPSA) is 20.2 Å². The summed E-state index contributed by atoms with van der Waals surface area (Å²) in [4.78, 5) is 0. The van der Waals surface area contributed by atoms with Crippen molar-refractivity contribution in [2.45, 2.75) is 25.4 Å². The maximum atomic E-state index is 13.4. The average molecular weight is 201 g/mol. The fourth-order valence-corrected chi connectivity index (χ4v) is 1.72. The molecule has 0 spiro atoms. The number of benzene rings is 1. The molecule has 0 unspecified atom stereocenters. The van der Waals surface area contributed by atoms with Gasteiger partial charge in [0.25, 0.3) is 0 Å². The molecule has 2 rings (SSSR count). The summed E-state index contributed by atoms with van der Waals surface area (Å²) in [5.74, 6) is -0.479. The summed E-state index contributed by atoms with van der Waals surface area (Å²) in [7, 11) is 0. The lowest BCUT2D eigenvalue weighted by molar-refractivity contribution is 0.146. The van der Waals surface area contributed by atoms with Crippen molar-refractivity contribution >= 4 is 11.6 Å². The Morgan fingerprint density at radius 3 is 2.62 bits per heavy atom. The van der Waals surface area contributed by atoms with E-state index in [1.807, 2.05) is 6.92 Å². The molecule has 0 saturated heterocycles.